The van der Waals surface area contributed by atoms with Crippen molar-refractivity contribution >= 4 is 17.7 Å². The van der Waals surface area contributed by atoms with Crippen LogP contribution in [0.3, 0.4) is 0 Å². The van der Waals surface area contributed by atoms with Crippen molar-refractivity contribution in [2.24, 2.45) is 0 Å². The van der Waals surface area contributed by atoms with E-state index in [0.29, 0.717) is 6.04 Å². The lowest BCUT2D eigenvalue weighted by Gasteiger charge is -2.10. The molecule has 0 bridgehead atoms. The molecule has 13 heavy (non-hydrogen) atoms. The molecule has 0 spiro atoms. The smallest absolute Gasteiger partial charge is 0.233 e. The second-order valence-electron chi connectivity index (χ2n) is 3.65. The predicted molar refractivity (Wildman–Crippen MR) is 58.0 cm³/mol. The molecular weight excluding hydrogens is 182 g/mol. The Morgan fingerprint density at radius 2 is 2.31 bits per heavy atom. The van der Waals surface area contributed by atoms with E-state index in [1.54, 1.807) is 11.8 Å². The molecule has 0 aromatic heterocycles. The molecule has 0 saturated heterocycles. The predicted octanol–water partition coefficient (Wildman–Crippen LogP) is 2.19. The lowest BCUT2D eigenvalue weighted by Crippen LogP contribution is -2.32. The summed E-state index contributed by atoms with van der Waals surface area (Å²) in [4.78, 5) is 11.5. The van der Waals surface area contributed by atoms with Crippen molar-refractivity contribution in [1.82, 2.24) is 5.32 Å². The summed E-state index contributed by atoms with van der Waals surface area (Å²) in [6, 6.07) is 0.502. The van der Waals surface area contributed by atoms with Gasteiger partial charge in [-0.25, -0.2) is 0 Å². The van der Waals surface area contributed by atoms with Gasteiger partial charge >= 0.3 is 0 Å². The highest BCUT2D eigenvalue weighted by Crippen LogP contribution is 2.20. The van der Waals surface area contributed by atoms with Crippen molar-refractivity contribution in [3.63, 3.8) is 0 Å². The average Bonchev–Trinajstić information content (AvgIpc) is 2.88. The molecule has 0 aliphatic heterocycles. The molecule has 1 N–H and O–H groups in total. The molecule has 1 saturated carbocycles. The van der Waals surface area contributed by atoms with Crippen LogP contribution in [-0.4, -0.2) is 23.0 Å². The van der Waals surface area contributed by atoms with Gasteiger partial charge in [-0.1, -0.05) is 13.3 Å². The standard InChI is InChI=1S/C10H19NOS/c1-3-4-7-13-8(2)10(12)11-9-5-6-9/h8-9H,3-7H2,1-2H3,(H,11,12). The number of carbonyl (C=O) groups is 1. The van der Waals surface area contributed by atoms with Crippen molar-refractivity contribution < 1.29 is 4.79 Å². The monoisotopic (exact) mass is 201 g/mol. The fraction of sp³-hybridized carbons (Fsp3) is 0.900. The highest BCUT2D eigenvalue weighted by Gasteiger charge is 2.25. The number of thioether (sulfide) groups is 1. The first-order valence-corrected chi connectivity index (χ1v) is 6.21. The van der Waals surface area contributed by atoms with E-state index in [4.69, 9.17) is 0 Å². The Morgan fingerprint density at radius 3 is 2.85 bits per heavy atom. The van der Waals surface area contributed by atoms with Gasteiger partial charge in [0.2, 0.25) is 5.91 Å². The van der Waals surface area contributed by atoms with E-state index in [1.807, 2.05) is 6.92 Å². The van der Waals surface area contributed by atoms with Gasteiger partial charge in [0.25, 0.3) is 0 Å². The Labute approximate surface area is 84.9 Å². The van der Waals surface area contributed by atoms with Gasteiger partial charge in [-0.2, -0.15) is 0 Å². The molecule has 1 amide bonds. The number of carbonyl (C=O) groups excluding carboxylic acids is 1. The number of rotatable bonds is 6. The highest BCUT2D eigenvalue weighted by atomic mass is 32.2. The van der Waals surface area contributed by atoms with Gasteiger partial charge in [0.1, 0.15) is 0 Å². The zero-order valence-corrected chi connectivity index (χ0v) is 9.32. The zero-order chi connectivity index (χ0) is 9.68. The Balaban J connectivity index is 2.05. The van der Waals surface area contributed by atoms with Crippen LogP contribution in [0.4, 0.5) is 0 Å². The summed E-state index contributed by atoms with van der Waals surface area (Å²) >= 11 is 1.77. The molecule has 76 valence electrons. The third-order valence-electron chi connectivity index (χ3n) is 2.16. The molecule has 1 rings (SSSR count). The van der Waals surface area contributed by atoms with E-state index in [2.05, 4.69) is 12.2 Å². The SMILES string of the molecule is CCCCSC(C)C(=O)NC1CC1. The summed E-state index contributed by atoms with van der Waals surface area (Å²) in [6.07, 6.45) is 4.78. The number of amides is 1. The van der Waals surface area contributed by atoms with Crippen LogP contribution >= 0.6 is 11.8 Å². The fourth-order valence-electron chi connectivity index (χ4n) is 1.03. The van der Waals surface area contributed by atoms with Gasteiger partial charge in [-0.3, -0.25) is 4.79 Å². The maximum Gasteiger partial charge on any atom is 0.233 e. The minimum atomic E-state index is 0.132. The summed E-state index contributed by atoms with van der Waals surface area (Å²) in [5, 5.41) is 3.15. The van der Waals surface area contributed by atoms with Crippen molar-refractivity contribution in [2.45, 2.75) is 50.8 Å². The van der Waals surface area contributed by atoms with E-state index in [9.17, 15) is 4.79 Å². The van der Waals surface area contributed by atoms with E-state index in [1.165, 1.54) is 25.7 Å². The molecule has 0 heterocycles. The van der Waals surface area contributed by atoms with Gasteiger partial charge in [-0.15, -0.1) is 11.8 Å². The Morgan fingerprint density at radius 1 is 1.62 bits per heavy atom. The molecule has 3 heteroatoms. The van der Waals surface area contributed by atoms with Crippen LogP contribution in [0.2, 0.25) is 0 Å². The molecule has 1 unspecified atom stereocenters. The number of hydrogen-bond donors (Lipinski definition) is 1. The van der Waals surface area contributed by atoms with Crippen molar-refractivity contribution in [3.8, 4) is 0 Å². The van der Waals surface area contributed by atoms with Crippen LogP contribution in [0.1, 0.15) is 39.5 Å². The molecule has 0 aromatic rings. The molecule has 0 radical (unpaired) electrons. The molecule has 1 aliphatic rings. The Hall–Kier alpha value is -0.180. The van der Waals surface area contributed by atoms with Crippen molar-refractivity contribution in [2.75, 3.05) is 5.75 Å². The topological polar surface area (TPSA) is 29.1 Å². The lowest BCUT2D eigenvalue weighted by atomic mass is 10.4. The van der Waals surface area contributed by atoms with Gasteiger partial charge < -0.3 is 5.32 Å². The summed E-state index contributed by atoms with van der Waals surface area (Å²) in [7, 11) is 0. The molecule has 0 aromatic carbocycles. The molecule has 1 atom stereocenters. The van der Waals surface area contributed by atoms with Gasteiger partial charge in [0, 0.05) is 6.04 Å². The Bertz CT molecular complexity index is 168. The normalized spacial score (nSPS) is 18.3. The summed E-state index contributed by atoms with van der Waals surface area (Å²) in [5.74, 6) is 1.33. The van der Waals surface area contributed by atoms with Gasteiger partial charge in [0.05, 0.1) is 5.25 Å². The first kappa shape index (κ1) is 10.9. The van der Waals surface area contributed by atoms with Crippen LogP contribution in [-0.2, 0) is 4.79 Å². The van der Waals surface area contributed by atoms with Crippen molar-refractivity contribution in [1.29, 1.82) is 0 Å². The van der Waals surface area contributed by atoms with Crippen LogP contribution in [0.15, 0.2) is 0 Å². The first-order valence-electron chi connectivity index (χ1n) is 5.16. The van der Waals surface area contributed by atoms with Crippen LogP contribution in [0.5, 0.6) is 0 Å². The maximum atomic E-state index is 11.5. The van der Waals surface area contributed by atoms with E-state index in [0.717, 1.165) is 5.75 Å². The van der Waals surface area contributed by atoms with E-state index in [-0.39, 0.29) is 11.2 Å². The first-order chi connectivity index (χ1) is 6.24. The minimum Gasteiger partial charge on any atom is -0.352 e. The van der Waals surface area contributed by atoms with Crippen LogP contribution in [0, 0.1) is 0 Å². The van der Waals surface area contributed by atoms with Crippen molar-refractivity contribution in [3.05, 3.63) is 0 Å². The number of unbranched alkanes of at least 4 members (excludes halogenated alkanes) is 1. The summed E-state index contributed by atoms with van der Waals surface area (Å²) in [5.41, 5.74) is 0. The fourth-order valence-corrected chi connectivity index (χ4v) is 2.05. The van der Waals surface area contributed by atoms with E-state index >= 15 is 0 Å². The van der Waals surface area contributed by atoms with Crippen LogP contribution < -0.4 is 5.32 Å². The highest BCUT2D eigenvalue weighted by molar-refractivity contribution is 8.00. The third kappa shape index (κ3) is 4.55. The number of nitrogens with one attached hydrogen (secondary N) is 1. The third-order valence-corrected chi connectivity index (χ3v) is 3.40. The second kappa shape index (κ2) is 5.53. The Kier molecular flexibility index (Phi) is 4.64. The van der Waals surface area contributed by atoms with Gasteiger partial charge in [0.15, 0.2) is 0 Å². The molecule has 2 nitrogen and oxygen atoms in total. The zero-order valence-electron chi connectivity index (χ0n) is 8.51. The summed E-state index contributed by atoms with van der Waals surface area (Å²) < 4.78 is 0. The number of hydrogen-bond acceptors (Lipinski definition) is 2. The van der Waals surface area contributed by atoms with Gasteiger partial charge in [-0.05, 0) is 31.9 Å². The quantitative estimate of drug-likeness (QED) is 0.667. The largest absolute Gasteiger partial charge is 0.352 e. The molecule has 1 aliphatic carbocycles. The average molecular weight is 201 g/mol. The lowest BCUT2D eigenvalue weighted by molar-refractivity contribution is -0.120. The van der Waals surface area contributed by atoms with E-state index < -0.39 is 0 Å². The summed E-state index contributed by atoms with van der Waals surface area (Å²) in [6.45, 7) is 4.17. The minimum absolute atomic E-state index is 0.132. The molecule has 1 fully saturated rings. The maximum absolute atomic E-state index is 11.5. The molecular formula is C10H19NOS. The van der Waals surface area contributed by atoms with Crippen LogP contribution in [0.25, 0.3) is 0 Å². The second-order valence-corrected chi connectivity index (χ2v) is 5.10.